The highest BCUT2D eigenvalue weighted by Gasteiger charge is 2.32. The lowest BCUT2D eigenvalue weighted by Gasteiger charge is -2.19. The van der Waals surface area contributed by atoms with Gasteiger partial charge in [0.05, 0.1) is 0 Å². The number of nitrogens with one attached hydrogen (secondary N) is 1. The second-order valence-electron chi connectivity index (χ2n) is 2.88. The molecule has 1 aromatic rings. The third kappa shape index (κ3) is 4.19. The van der Waals surface area contributed by atoms with Crippen LogP contribution in [0.25, 0.3) is 0 Å². The summed E-state index contributed by atoms with van der Waals surface area (Å²) in [4.78, 5) is 11.6. The van der Waals surface area contributed by atoms with Crippen molar-refractivity contribution in [3.8, 4) is 0 Å². The maximum absolute atomic E-state index is 11.6. The minimum absolute atomic E-state index is 0.379. The summed E-state index contributed by atoms with van der Waals surface area (Å²) in [6.45, 7) is 0. The molecule has 1 N–H and O–H groups in total. The molecular formula is C9H6Cl5NO. The van der Waals surface area contributed by atoms with E-state index in [1.165, 1.54) is 0 Å². The summed E-state index contributed by atoms with van der Waals surface area (Å²) in [7, 11) is 0. The van der Waals surface area contributed by atoms with E-state index in [0.29, 0.717) is 10.6 Å². The molecule has 0 aliphatic rings. The smallest absolute Gasteiger partial charge is 0.252 e. The summed E-state index contributed by atoms with van der Waals surface area (Å²) in [5.74, 6) is -0.442. The van der Waals surface area contributed by atoms with Crippen LogP contribution in [0.5, 0.6) is 0 Å². The number of amides is 1. The Morgan fingerprint density at radius 2 is 1.69 bits per heavy atom. The normalized spacial score (nSPS) is 13.3. The molecule has 88 valence electrons. The molecule has 0 unspecified atom stereocenters. The van der Waals surface area contributed by atoms with Gasteiger partial charge in [-0.2, -0.15) is 0 Å². The van der Waals surface area contributed by atoms with Crippen LogP contribution in [0.1, 0.15) is 10.4 Å². The van der Waals surface area contributed by atoms with Crippen molar-refractivity contribution in [2.24, 2.45) is 0 Å². The van der Waals surface area contributed by atoms with Crippen LogP contribution in [0.4, 0.5) is 0 Å². The molecule has 2 nitrogen and oxygen atoms in total. The van der Waals surface area contributed by atoms with E-state index in [4.69, 9.17) is 58.0 Å². The van der Waals surface area contributed by atoms with Crippen LogP contribution in [0.15, 0.2) is 24.3 Å². The quantitative estimate of drug-likeness (QED) is 0.647. The molecule has 7 heteroatoms. The van der Waals surface area contributed by atoms with E-state index >= 15 is 0 Å². The molecule has 0 radical (unpaired) electrons. The molecular weight excluding hydrogens is 315 g/mol. The summed E-state index contributed by atoms with van der Waals surface area (Å²) < 4.78 is -1.76. The first-order valence-corrected chi connectivity index (χ1v) is 6.03. The Labute approximate surface area is 118 Å². The third-order valence-corrected chi connectivity index (χ3v) is 3.33. The zero-order valence-electron chi connectivity index (χ0n) is 7.68. The number of rotatable bonds is 2. The maximum Gasteiger partial charge on any atom is 0.252 e. The highest BCUT2D eigenvalue weighted by atomic mass is 35.6. The summed E-state index contributed by atoms with van der Waals surface area (Å²) >= 11 is 27.9. The number of carbonyl (C=O) groups is 1. The lowest BCUT2D eigenvalue weighted by atomic mass is 10.2. The van der Waals surface area contributed by atoms with Crippen molar-refractivity contribution in [2.45, 2.75) is 9.29 Å². The fraction of sp³-hybridized carbons (Fsp3) is 0.222. The van der Waals surface area contributed by atoms with Crippen molar-refractivity contribution in [1.82, 2.24) is 5.32 Å². The lowest BCUT2D eigenvalue weighted by Crippen LogP contribution is -2.39. The fourth-order valence-corrected chi connectivity index (χ4v) is 1.27. The minimum atomic E-state index is -1.76. The third-order valence-electron chi connectivity index (χ3n) is 1.65. The van der Waals surface area contributed by atoms with Gasteiger partial charge in [-0.15, -0.1) is 0 Å². The largest absolute Gasteiger partial charge is 0.332 e. The average Bonchev–Trinajstić information content (AvgIpc) is 2.17. The van der Waals surface area contributed by atoms with Crippen LogP contribution in [-0.4, -0.2) is 15.2 Å². The van der Waals surface area contributed by atoms with E-state index in [-0.39, 0.29) is 0 Å². The predicted octanol–water partition coefficient (Wildman–Crippen LogP) is 4.00. The Bertz CT molecular complexity index is 372. The van der Waals surface area contributed by atoms with Gasteiger partial charge in [0.25, 0.3) is 5.91 Å². The first-order chi connectivity index (χ1) is 7.30. The van der Waals surface area contributed by atoms with Gasteiger partial charge in [0.15, 0.2) is 5.50 Å². The zero-order chi connectivity index (χ0) is 12.3. The molecule has 0 fully saturated rings. The van der Waals surface area contributed by atoms with Crippen molar-refractivity contribution in [3.05, 3.63) is 34.9 Å². The summed E-state index contributed by atoms with van der Waals surface area (Å²) in [6.07, 6.45) is 0. The molecule has 0 aliphatic carbocycles. The monoisotopic (exact) mass is 319 g/mol. The molecule has 16 heavy (non-hydrogen) atoms. The van der Waals surface area contributed by atoms with Crippen molar-refractivity contribution < 1.29 is 4.79 Å². The first kappa shape index (κ1) is 14.2. The molecule has 0 aliphatic heterocycles. The molecule has 0 saturated heterocycles. The fourth-order valence-electron chi connectivity index (χ4n) is 0.882. The van der Waals surface area contributed by atoms with E-state index in [9.17, 15) is 4.79 Å². The molecule has 0 spiro atoms. The molecule has 1 rings (SSSR count). The van der Waals surface area contributed by atoms with Crippen LogP contribution in [0, 0.1) is 0 Å². The SMILES string of the molecule is O=C(N[C@H](Cl)C(Cl)(Cl)Cl)c1ccc(Cl)cc1. The van der Waals surface area contributed by atoms with Crippen molar-refractivity contribution >= 4 is 63.9 Å². The standard InChI is InChI=1S/C9H6Cl5NO/c10-6-3-1-5(2-4-6)7(16)15-8(11)9(12,13)14/h1-4,8H,(H,15,16)/t8-/m0/s1. The zero-order valence-corrected chi connectivity index (χ0v) is 11.5. The molecule has 1 atom stereocenters. The number of hydrogen-bond donors (Lipinski definition) is 1. The van der Waals surface area contributed by atoms with E-state index in [2.05, 4.69) is 5.32 Å². The van der Waals surface area contributed by atoms with E-state index in [0.717, 1.165) is 0 Å². The van der Waals surface area contributed by atoms with Gasteiger partial charge in [0.2, 0.25) is 3.79 Å². The van der Waals surface area contributed by atoms with Crippen molar-refractivity contribution in [2.75, 3.05) is 0 Å². The number of benzene rings is 1. The van der Waals surface area contributed by atoms with Crippen LogP contribution in [0.2, 0.25) is 5.02 Å². The second kappa shape index (κ2) is 5.65. The van der Waals surface area contributed by atoms with Crippen molar-refractivity contribution in [3.63, 3.8) is 0 Å². The Morgan fingerprint density at radius 1 is 1.19 bits per heavy atom. The van der Waals surface area contributed by atoms with Crippen molar-refractivity contribution in [1.29, 1.82) is 0 Å². The molecule has 0 heterocycles. The average molecular weight is 321 g/mol. The van der Waals surface area contributed by atoms with E-state index in [1.807, 2.05) is 0 Å². The number of halogens is 5. The van der Waals surface area contributed by atoms with Gasteiger partial charge in [-0.05, 0) is 24.3 Å². The molecule has 0 saturated carbocycles. The predicted molar refractivity (Wildman–Crippen MR) is 68.8 cm³/mol. The lowest BCUT2D eigenvalue weighted by molar-refractivity contribution is 0.0949. The molecule has 1 amide bonds. The summed E-state index contributed by atoms with van der Waals surface area (Å²) in [5.41, 5.74) is -0.732. The van der Waals surface area contributed by atoms with Gasteiger partial charge in [-0.1, -0.05) is 58.0 Å². The topological polar surface area (TPSA) is 29.1 Å². The van der Waals surface area contributed by atoms with Crippen LogP contribution in [-0.2, 0) is 0 Å². The van der Waals surface area contributed by atoms with E-state index < -0.39 is 15.2 Å². The maximum atomic E-state index is 11.6. The molecule has 0 bridgehead atoms. The van der Waals surface area contributed by atoms with Gasteiger partial charge < -0.3 is 5.32 Å². The molecule has 1 aromatic carbocycles. The summed E-state index contributed by atoms with van der Waals surface area (Å²) in [6, 6.07) is 6.24. The summed E-state index contributed by atoms with van der Waals surface area (Å²) in [5, 5.41) is 2.87. The second-order valence-corrected chi connectivity index (χ2v) is 6.13. The van der Waals surface area contributed by atoms with Crippen LogP contribution >= 0.6 is 58.0 Å². The molecule has 0 aromatic heterocycles. The van der Waals surface area contributed by atoms with Crippen LogP contribution < -0.4 is 5.32 Å². The van der Waals surface area contributed by atoms with Gasteiger partial charge in [0, 0.05) is 10.6 Å². The highest BCUT2D eigenvalue weighted by Crippen LogP contribution is 2.32. The number of hydrogen-bond acceptors (Lipinski definition) is 1. The van der Waals surface area contributed by atoms with Crippen LogP contribution in [0.3, 0.4) is 0 Å². The van der Waals surface area contributed by atoms with Gasteiger partial charge in [-0.3, -0.25) is 4.79 Å². The Morgan fingerprint density at radius 3 is 2.12 bits per heavy atom. The first-order valence-electron chi connectivity index (χ1n) is 4.08. The van der Waals surface area contributed by atoms with Gasteiger partial charge in [-0.25, -0.2) is 0 Å². The van der Waals surface area contributed by atoms with Gasteiger partial charge in [0.1, 0.15) is 0 Å². The Kier molecular flexibility index (Phi) is 5.02. The number of alkyl halides is 4. The van der Waals surface area contributed by atoms with Gasteiger partial charge >= 0.3 is 0 Å². The Hall–Kier alpha value is 0.140. The van der Waals surface area contributed by atoms with E-state index in [1.54, 1.807) is 24.3 Å². The minimum Gasteiger partial charge on any atom is -0.332 e. The highest BCUT2D eigenvalue weighted by molar-refractivity contribution is 6.70. The Balaban J connectivity index is 2.70. The number of carbonyl (C=O) groups excluding carboxylic acids is 1.